The summed E-state index contributed by atoms with van der Waals surface area (Å²) < 4.78 is 0. The molecule has 0 aliphatic heterocycles. The van der Waals surface area contributed by atoms with Crippen LogP contribution in [0.1, 0.15) is 51.4 Å². The van der Waals surface area contributed by atoms with Gasteiger partial charge in [-0.05, 0) is 25.2 Å². The van der Waals surface area contributed by atoms with Crippen molar-refractivity contribution in [2.75, 3.05) is 0 Å². The van der Waals surface area contributed by atoms with Gasteiger partial charge in [-0.25, -0.2) is 0 Å². The van der Waals surface area contributed by atoms with Gasteiger partial charge in [0.05, 0.1) is 0 Å². The van der Waals surface area contributed by atoms with Crippen molar-refractivity contribution in [1.82, 2.24) is 10.6 Å². The number of unbranched alkanes of at least 4 members (excludes halogenated alkanes) is 5. The van der Waals surface area contributed by atoms with E-state index < -0.39 is 0 Å². The van der Waals surface area contributed by atoms with Gasteiger partial charge in [-0.2, -0.15) is 0 Å². The van der Waals surface area contributed by atoms with Crippen LogP contribution in [0.5, 0.6) is 0 Å². The molecule has 0 rings (SSSR count). The molecule has 102 valence electrons. The molecule has 0 aromatic carbocycles. The molecule has 0 unspecified atom stereocenters. The molecule has 0 saturated heterocycles. The summed E-state index contributed by atoms with van der Waals surface area (Å²) in [5.74, 6) is 0.0668. The Labute approximate surface area is 110 Å². The van der Waals surface area contributed by atoms with E-state index in [0.29, 0.717) is 12.8 Å². The summed E-state index contributed by atoms with van der Waals surface area (Å²) in [5.41, 5.74) is 0. The third-order valence-electron chi connectivity index (χ3n) is 2.58. The maximum absolute atomic E-state index is 11.1. The molecule has 0 aromatic rings. The molecule has 0 spiro atoms. The van der Waals surface area contributed by atoms with E-state index in [1.807, 2.05) is 0 Å². The molecule has 2 N–H and O–H groups in total. The standard InChI is InChI=1S/C14H24N2O2/c1-3-15-13(17)11-9-7-5-6-8-10-12-14(18)16-4-2/h3-4H,1-2,5-12H2,(H,15,17)(H,16,18). The SMILES string of the molecule is C=CNC(=O)CCCCCCCCC(=O)NC=C. The van der Waals surface area contributed by atoms with Gasteiger partial charge in [0, 0.05) is 12.8 Å². The average molecular weight is 252 g/mol. The molecule has 4 nitrogen and oxygen atoms in total. The van der Waals surface area contributed by atoms with Gasteiger partial charge >= 0.3 is 0 Å². The van der Waals surface area contributed by atoms with E-state index in [-0.39, 0.29) is 11.8 Å². The minimum atomic E-state index is 0.0334. The lowest BCUT2D eigenvalue weighted by atomic mass is 10.1. The normalized spacial score (nSPS) is 9.56. The first-order chi connectivity index (χ1) is 8.70. The minimum Gasteiger partial charge on any atom is -0.333 e. The van der Waals surface area contributed by atoms with Gasteiger partial charge in [0.1, 0.15) is 0 Å². The van der Waals surface area contributed by atoms with Gasteiger partial charge in [-0.3, -0.25) is 9.59 Å². The molecule has 0 atom stereocenters. The number of nitrogens with one attached hydrogen (secondary N) is 2. The van der Waals surface area contributed by atoms with Gasteiger partial charge in [-0.1, -0.05) is 38.8 Å². The van der Waals surface area contributed by atoms with Crippen LogP contribution < -0.4 is 10.6 Å². The molecule has 0 fully saturated rings. The maximum Gasteiger partial charge on any atom is 0.223 e. The zero-order chi connectivity index (χ0) is 13.6. The van der Waals surface area contributed by atoms with Gasteiger partial charge < -0.3 is 10.6 Å². The molecule has 0 aliphatic rings. The molecule has 0 bridgehead atoms. The third-order valence-corrected chi connectivity index (χ3v) is 2.58. The predicted octanol–water partition coefficient (Wildman–Crippen LogP) is 2.63. The first kappa shape index (κ1) is 16.4. The zero-order valence-electron chi connectivity index (χ0n) is 11.0. The van der Waals surface area contributed by atoms with Crippen LogP contribution in [0, 0.1) is 0 Å². The Balaban J connectivity index is 3.21. The Bertz CT molecular complexity index is 247. The molecule has 0 heterocycles. The average Bonchev–Trinajstić information content (AvgIpc) is 2.33. The third kappa shape index (κ3) is 10.9. The quantitative estimate of drug-likeness (QED) is 0.555. The van der Waals surface area contributed by atoms with Crippen molar-refractivity contribution in [3.63, 3.8) is 0 Å². The highest BCUT2D eigenvalue weighted by atomic mass is 16.2. The molecule has 18 heavy (non-hydrogen) atoms. The molecule has 0 saturated carbocycles. The number of amides is 2. The van der Waals surface area contributed by atoms with E-state index in [9.17, 15) is 9.59 Å². The van der Waals surface area contributed by atoms with E-state index in [0.717, 1.165) is 38.5 Å². The van der Waals surface area contributed by atoms with Crippen molar-refractivity contribution >= 4 is 11.8 Å². The van der Waals surface area contributed by atoms with Gasteiger partial charge in [0.2, 0.25) is 11.8 Å². The molecular weight excluding hydrogens is 228 g/mol. The summed E-state index contributed by atoms with van der Waals surface area (Å²) in [4.78, 5) is 22.2. The molecule has 0 aromatic heterocycles. The molecule has 0 radical (unpaired) electrons. The van der Waals surface area contributed by atoms with Gasteiger partial charge in [0.25, 0.3) is 0 Å². The summed E-state index contributed by atoms with van der Waals surface area (Å²) in [7, 11) is 0. The fraction of sp³-hybridized carbons (Fsp3) is 0.571. The van der Waals surface area contributed by atoms with E-state index in [1.54, 1.807) is 0 Å². The summed E-state index contributed by atoms with van der Waals surface area (Å²) in [6, 6.07) is 0. The Morgan fingerprint density at radius 1 is 0.722 bits per heavy atom. The topological polar surface area (TPSA) is 58.2 Å². The Kier molecular flexibility index (Phi) is 10.8. The fourth-order valence-electron chi connectivity index (χ4n) is 1.65. The number of rotatable bonds is 11. The van der Waals surface area contributed by atoms with Crippen LogP contribution in [0.15, 0.2) is 25.6 Å². The zero-order valence-corrected chi connectivity index (χ0v) is 11.0. The van der Waals surface area contributed by atoms with E-state index in [1.165, 1.54) is 12.4 Å². The summed E-state index contributed by atoms with van der Waals surface area (Å²) in [6.45, 7) is 6.87. The number of hydrogen-bond donors (Lipinski definition) is 2. The monoisotopic (exact) mass is 252 g/mol. The largest absolute Gasteiger partial charge is 0.333 e. The Hall–Kier alpha value is -1.58. The Morgan fingerprint density at radius 3 is 1.39 bits per heavy atom. The lowest BCUT2D eigenvalue weighted by molar-refractivity contribution is -0.121. The highest BCUT2D eigenvalue weighted by Gasteiger charge is 1.99. The lowest BCUT2D eigenvalue weighted by Gasteiger charge is -2.02. The molecule has 4 heteroatoms. The second-order valence-corrected chi connectivity index (χ2v) is 4.16. The van der Waals surface area contributed by atoms with Crippen LogP contribution in [0.3, 0.4) is 0 Å². The van der Waals surface area contributed by atoms with E-state index in [2.05, 4.69) is 23.8 Å². The number of carbonyl (C=O) groups excluding carboxylic acids is 2. The van der Waals surface area contributed by atoms with Crippen LogP contribution >= 0.6 is 0 Å². The summed E-state index contributed by atoms with van der Waals surface area (Å²) in [6.07, 6.45) is 10.1. The number of carbonyl (C=O) groups is 2. The van der Waals surface area contributed by atoms with Crippen molar-refractivity contribution < 1.29 is 9.59 Å². The van der Waals surface area contributed by atoms with Crippen LogP contribution in [-0.4, -0.2) is 11.8 Å². The van der Waals surface area contributed by atoms with Gasteiger partial charge in [-0.15, -0.1) is 0 Å². The summed E-state index contributed by atoms with van der Waals surface area (Å²) >= 11 is 0. The number of hydrogen-bond acceptors (Lipinski definition) is 2. The van der Waals surface area contributed by atoms with Crippen molar-refractivity contribution in [2.24, 2.45) is 0 Å². The van der Waals surface area contributed by atoms with Crippen LogP contribution in [-0.2, 0) is 9.59 Å². The minimum absolute atomic E-state index is 0.0334. The van der Waals surface area contributed by atoms with Crippen molar-refractivity contribution in [1.29, 1.82) is 0 Å². The Morgan fingerprint density at radius 2 is 1.06 bits per heavy atom. The second kappa shape index (κ2) is 11.9. The second-order valence-electron chi connectivity index (χ2n) is 4.16. The van der Waals surface area contributed by atoms with E-state index >= 15 is 0 Å². The van der Waals surface area contributed by atoms with Crippen molar-refractivity contribution in [3.05, 3.63) is 25.6 Å². The van der Waals surface area contributed by atoms with Crippen molar-refractivity contribution in [2.45, 2.75) is 51.4 Å². The van der Waals surface area contributed by atoms with Gasteiger partial charge in [0.15, 0.2) is 0 Å². The molecular formula is C14H24N2O2. The summed E-state index contributed by atoms with van der Waals surface area (Å²) in [5, 5.41) is 5.11. The first-order valence-corrected chi connectivity index (χ1v) is 6.51. The van der Waals surface area contributed by atoms with Crippen LogP contribution in [0.4, 0.5) is 0 Å². The smallest absolute Gasteiger partial charge is 0.223 e. The predicted molar refractivity (Wildman–Crippen MR) is 73.6 cm³/mol. The van der Waals surface area contributed by atoms with Crippen LogP contribution in [0.2, 0.25) is 0 Å². The molecule has 0 aliphatic carbocycles. The first-order valence-electron chi connectivity index (χ1n) is 6.51. The highest BCUT2D eigenvalue weighted by molar-refractivity contribution is 5.77. The lowest BCUT2D eigenvalue weighted by Crippen LogP contribution is -2.15. The van der Waals surface area contributed by atoms with E-state index in [4.69, 9.17) is 0 Å². The van der Waals surface area contributed by atoms with Crippen molar-refractivity contribution in [3.8, 4) is 0 Å². The van der Waals surface area contributed by atoms with Crippen LogP contribution in [0.25, 0.3) is 0 Å². The maximum atomic E-state index is 11.1. The molecule has 2 amide bonds. The highest BCUT2D eigenvalue weighted by Crippen LogP contribution is 2.08. The fourth-order valence-corrected chi connectivity index (χ4v) is 1.65.